The molecule has 0 aromatic heterocycles. The van der Waals surface area contributed by atoms with E-state index in [0.29, 0.717) is 11.1 Å². The molecule has 5 amide bonds. The van der Waals surface area contributed by atoms with Gasteiger partial charge in [-0.3, -0.25) is 29.6 Å². The second kappa shape index (κ2) is 5.71. The second-order valence-corrected chi connectivity index (χ2v) is 4.55. The van der Waals surface area contributed by atoms with E-state index in [1.165, 1.54) is 7.05 Å². The average molecular weight is 290 g/mol. The van der Waals surface area contributed by atoms with E-state index in [1.807, 2.05) is 5.43 Å². The molecule has 0 radical (unpaired) electrons. The lowest BCUT2D eigenvalue weighted by atomic mass is 10.0. The van der Waals surface area contributed by atoms with Crippen LogP contribution in [-0.2, 0) is 27.3 Å². The lowest BCUT2D eigenvalue weighted by Gasteiger charge is -2.15. The van der Waals surface area contributed by atoms with Crippen LogP contribution in [0.15, 0.2) is 24.3 Å². The molecule has 1 aromatic rings. The fourth-order valence-electron chi connectivity index (χ4n) is 2.03. The summed E-state index contributed by atoms with van der Waals surface area (Å²) in [5.74, 6) is 2.91. The molecule has 0 spiro atoms. The van der Waals surface area contributed by atoms with Gasteiger partial charge >= 0.3 is 17.8 Å². The third-order valence-corrected chi connectivity index (χ3v) is 3.21. The van der Waals surface area contributed by atoms with Crippen LogP contribution in [0.2, 0.25) is 0 Å². The standard InChI is InChI=1S/C13H14N4O4/c1-16-11(19)12(20)17(13(16)21)7-9-5-3-2-4-8(9)6-10(18)15-14/h2-5H,6-7,14H2,1H3,(H,15,18). The summed E-state index contributed by atoms with van der Waals surface area (Å²) in [5.41, 5.74) is 3.25. The zero-order chi connectivity index (χ0) is 15.6. The van der Waals surface area contributed by atoms with E-state index in [2.05, 4.69) is 0 Å². The molecule has 0 saturated carbocycles. The summed E-state index contributed by atoms with van der Waals surface area (Å²) in [5, 5.41) is 0. The third kappa shape index (κ3) is 2.75. The number of urea groups is 1. The highest BCUT2D eigenvalue weighted by Crippen LogP contribution is 2.17. The van der Waals surface area contributed by atoms with Gasteiger partial charge in [0.25, 0.3) is 0 Å². The Balaban J connectivity index is 2.24. The zero-order valence-electron chi connectivity index (χ0n) is 11.3. The van der Waals surface area contributed by atoms with E-state index in [-0.39, 0.29) is 13.0 Å². The number of nitrogens with one attached hydrogen (secondary N) is 1. The molecular weight excluding hydrogens is 276 g/mol. The van der Waals surface area contributed by atoms with Gasteiger partial charge in [0.1, 0.15) is 0 Å². The van der Waals surface area contributed by atoms with Gasteiger partial charge in [0.2, 0.25) is 5.91 Å². The van der Waals surface area contributed by atoms with Crippen LogP contribution in [-0.4, -0.2) is 40.6 Å². The molecule has 1 aromatic carbocycles. The summed E-state index contributed by atoms with van der Waals surface area (Å²) in [7, 11) is 1.25. The van der Waals surface area contributed by atoms with Gasteiger partial charge in [0.15, 0.2) is 0 Å². The lowest BCUT2D eigenvalue weighted by Crippen LogP contribution is -2.33. The van der Waals surface area contributed by atoms with Crippen molar-refractivity contribution in [2.24, 2.45) is 5.84 Å². The summed E-state index contributed by atoms with van der Waals surface area (Å²) in [6, 6.07) is 6.15. The van der Waals surface area contributed by atoms with Crippen LogP contribution >= 0.6 is 0 Å². The first-order valence-electron chi connectivity index (χ1n) is 6.15. The smallest absolute Gasteiger partial charge is 0.294 e. The summed E-state index contributed by atoms with van der Waals surface area (Å²) < 4.78 is 0. The van der Waals surface area contributed by atoms with Crippen LogP contribution in [0.25, 0.3) is 0 Å². The number of hydrogen-bond acceptors (Lipinski definition) is 5. The van der Waals surface area contributed by atoms with Crippen molar-refractivity contribution in [3.8, 4) is 0 Å². The minimum Gasteiger partial charge on any atom is -0.294 e. The van der Waals surface area contributed by atoms with Crippen molar-refractivity contribution in [3.05, 3.63) is 35.4 Å². The minimum absolute atomic E-state index is 0.0205. The van der Waals surface area contributed by atoms with Gasteiger partial charge in [-0.05, 0) is 11.1 Å². The first-order chi connectivity index (χ1) is 9.95. The number of imide groups is 2. The van der Waals surface area contributed by atoms with Gasteiger partial charge in [-0.15, -0.1) is 0 Å². The van der Waals surface area contributed by atoms with Gasteiger partial charge < -0.3 is 0 Å². The predicted octanol–water partition coefficient (Wildman–Crippen LogP) is -0.860. The minimum atomic E-state index is -0.874. The number of amides is 5. The maximum atomic E-state index is 11.8. The third-order valence-electron chi connectivity index (χ3n) is 3.21. The molecule has 0 atom stereocenters. The van der Waals surface area contributed by atoms with Gasteiger partial charge in [-0.1, -0.05) is 24.3 Å². The van der Waals surface area contributed by atoms with Crippen molar-refractivity contribution in [1.29, 1.82) is 0 Å². The Morgan fingerprint density at radius 1 is 1.14 bits per heavy atom. The number of rotatable bonds is 4. The predicted molar refractivity (Wildman–Crippen MR) is 71.2 cm³/mol. The summed E-state index contributed by atoms with van der Waals surface area (Å²) in [6.45, 7) is -0.0677. The largest absolute Gasteiger partial charge is 0.334 e. The van der Waals surface area contributed by atoms with E-state index in [9.17, 15) is 19.2 Å². The molecule has 1 aliphatic rings. The quantitative estimate of drug-likeness (QED) is 0.246. The molecular formula is C13H14N4O4. The van der Waals surface area contributed by atoms with Crippen molar-refractivity contribution < 1.29 is 19.2 Å². The van der Waals surface area contributed by atoms with Gasteiger partial charge in [-0.2, -0.15) is 0 Å². The fraction of sp³-hybridized carbons (Fsp3) is 0.231. The summed E-state index contributed by atoms with van der Waals surface area (Å²) in [6.07, 6.45) is 0.0205. The molecule has 0 bridgehead atoms. The normalized spacial score (nSPS) is 14.9. The number of benzene rings is 1. The SMILES string of the molecule is CN1C(=O)C(=O)N(Cc2ccccc2CC(=O)NN)C1=O. The summed E-state index contributed by atoms with van der Waals surface area (Å²) >= 11 is 0. The molecule has 8 nitrogen and oxygen atoms in total. The Hall–Kier alpha value is -2.74. The van der Waals surface area contributed by atoms with E-state index < -0.39 is 23.8 Å². The molecule has 1 aliphatic heterocycles. The molecule has 3 N–H and O–H groups in total. The highest BCUT2D eigenvalue weighted by molar-refractivity contribution is 6.44. The zero-order valence-corrected chi connectivity index (χ0v) is 11.3. The molecule has 2 rings (SSSR count). The lowest BCUT2D eigenvalue weighted by molar-refractivity contribution is -0.143. The van der Waals surface area contributed by atoms with Crippen molar-refractivity contribution in [3.63, 3.8) is 0 Å². The van der Waals surface area contributed by atoms with Crippen LogP contribution in [0, 0.1) is 0 Å². The highest BCUT2D eigenvalue weighted by atomic mass is 16.2. The number of nitrogens with two attached hydrogens (primary N) is 1. The fourth-order valence-corrected chi connectivity index (χ4v) is 2.03. The van der Waals surface area contributed by atoms with E-state index in [0.717, 1.165) is 9.80 Å². The molecule has 1 heterocycles. The number of nitrogens with zero attached hydrogens (tertiary/aromatic N) is 2. The monoisotopic (exact) mass is 290 g/mol. The maximum Gasteiger partial charge on any atom is 0.334 e. The first-order valence-corrected chi connectivity index (χ1v) is 6.15. The first kappa shape index (κ1) is 14.7. The van der Waals surface area contributed by atoms with Gasteiger partial charge in [-0.25, -0.2) is 10.6 Å². The Bertz CT molecular complexity index is 628. The van der Waals surface area contributed by atoms with Crippen LogP contribution < -0.4 is 11.3 Å². The van der Waals surface area contributed by atoms with E-state index >= 15 is 0 Å². The van der Waals surface area contributed by atoms with Crippen molar-refractivity contribution in [2.75, 3.05) is 7.05 Å². The van der Waals surface area contributed by atoms with Crippen LogP contribution in [0.3, 0.4) is 0 Å². The number of carbonyl (C=O) groups is 4. The van der Waals surface area contributed by atoms with Crippen molar-refractivity contribution >= 4 is 23.8 Å². The highest BCUT2D eigenvalue weighted by Gasteiger charge is 2.42. The molecule has 1 fully saturated rings. The van der Waals surface area contributed by atoms with E-state index in [4.69, 9.17) is 5.84 Å². The van der Waals surface area contributed by atoms with E-state index in [1.54, 1.807) is 24.3 Å². The Labute approximate surface area is 120 Å². The number of hydrazine groups is 1. The summed E-state index contributed by atoms with van der Waals surface area (Å²) in [4.78, 5) is 48.0. The van der Waals surface area contributed by atoms with Gasteiger partial charge in [0.05, 0.1) is 13.0 Å². The topological polar surface area (TPSA) is 113 Å². The van der Waals surface area contributed by atoms with Gasteiger partial charge in [0, 0.05) is 7.05 Å². The molecule has 0 unspecified atom stereocenters. The second-order valence-electron chi connectivity index (χ2n) is 4.55. The Kier molecular flexibility index (Phi) is 3.99. The molecule has 8 heteroatoms. The Morgan fingerprint density at radius 2 is 1.76 bits per heavy atom. The van der Waals surface area contributed by atoms with Crippen molar-refractivity contribution in [2.45, 2.75) is 13.0 Å². The molecule has 1 saturated heterocycles. The molecule has 0 aliphatic carbocycles. The Morgan fingerprint density at radius 3 is 2.29 bits per heavy atom. The molecule has 21 heavy (non-hydrogen) atoms. The van der Waals surface area contributed by atoms with Crippen LogP contribution in [0.4, 0.5) is 4.79 Å². The van der Waals surface area contributed by atoms with Crippen LogP contribution in [0.5, 0.6) is 0 Å². The van der Waals surface area contributed by atoms with Crippen molar-refractivity contribution in [1.82, 2.24) is 15.2 Å². The average Bonchev–Trinajstić information content (AvgIpc) is 2.66. The van der Waals surface area contributed by atoms with Crippen LogP contribution in [0.1, 0.15) is 11.1 Å². The maximum absolute atomic E-state index is 11.8. The number of hydrogen-bond donors (Lipinski definition) is 2. The molecule has 110 valence electrons. The number of likely N-dealkylation sites (N-methyl/N-ethyl adjacent to an activating group) is 1. The number of carbonyl (C=O) groups excluding carboxylic acids is 4.